The van der Waals surface area contributed by atoms with E-state index in [1.54, 1.807) is 11.3 Å². The van der Waals surface area contributed by atoms with E-state index in [0.717, 1.165) is 32.4 Å². The van der Waals surface area contributed by atoms with Crippen LogP contribution in [-0.4, -0.2) is 19.0 Å². The molecule has 0 spiro atoms. The number of aryl methyl sites for hydroxylation is 1. The Morgan fingerprint density at radius 1 is 1.10 bits per heavy atom. The van der Waals surface area contributed by atoms with Gasteiger partial charge in [-0.25, -0.2) is 0 Å². The summed E-state index contributed by atoms with van der Waals surface area (Å²) < 4.78 is 0. The molecule has 1 aromatic carbocycles. The van der Waals surface area contributed by atoms with E-state index in [1.807, 2.05) is 6.07 Å². The lowest BCUT2D eigenvalue weighted by molar-refractivity contribution is 0.810. The molecule has 20 heavy (non-hydrogen) atoms. The van der Waals surface area contributed by atoms with Crippen LogP contribution in [0.4, 0.5) is 0 Å². The molecule has 0 radical (unpaired) electrons. The number of hydrogen-bond donors (Lipinski definition) is 2. The van der Waals surface area contributed by atoms with Crippen LogP contribution in [0.3, 0.4) is 0 Å². The Morgan fingerprint density at radius 2 is 1.95 bits per heavy atom. The van der Waals surface area contributed by atoms with Crippen LogP contribution >= 0.6 is 11.3 Å². The standard InChI is InChI=1S/C16H21N3S/c17-16(19-12-10-15-9-5-13-20-15)18-11-4-8-14-6-2-1-3-7-14/h1-3,5-7,9,13H,4,8,10-12H2,(H3,17,18,19). The first kappa shape index (κ1) is 14.6. The Bertz CT molecular complexity index is 506. The van der Waals surface area contributed by atoms with Crippen LogP contribution in [0, 0.1) is 0 Å². The van der Waals surface area contributed by atoms with E-state index in [9.17, 15) is 0 Å². The van der Waals surface area contributed by atoms with Gasteiger partial charge in [-0.3, -0.25) is 4.99 Å². The summed E-state index contributed by atoms with van der Waals surface area (Å²) >= 11 is 1.77. The fraction of sp³-hybridized carbons (Fsp3) is 0.312. The van der Waals surface area contributed by atoms with Crippen molar-refractivity contribution in [3.63, 3.8) is 0 Å². The van der Waals surface area contributed by atoms with Crippen molar-refractivity contribution in [3.05, 3.63) is 58.3 Å². The summed E-state index contributed by atoms with van der Waals surface area (Å²) in [6.45, 7) is 1.61. The van der Waals surface area contributed by atoms with Crippen LogP contribution < -0.4 is 11.1 Å². The maximum Gasteiger partial charge on any atom is 0.188 e. The van der Waals surface area contributed by atoms with Gasteiger partial charge < -0.3 is 11.1 Å². The molecular weight excluding hydrogens is 266 g/mol. The van der Waals surface area contributed by atoms with E-state index < -0.39 is 0 Å². The molecule has 0 atom stereocenters. The fourth-order valence-electron chi connectivity index (χ4n) is 1.95. The first-order valence-electron chi connectivity index (χ1n) is 6.95. The van der Waals surface area contributed by atoms with Crippen molar-refractivity contribution >= 4 is 17.3 Å². The lowest BCUT2D eigenvalue weighted by atomic mass is 10.1. The zero-order valence-electron chi connectivity index (χ0n) is 11.6. The second-order valence-corrected chi connectivity index (χ2v) is 5.64. The molecule has 0 unspecified atom stereocenters. The number of guanidine groups is 1. The van der Waals surface area contributed by atoms with Crippen LogP contribution in [0.15, 0.2) is 52.8 Å². The monoisotopic (exact) mass is 287 g/mol. The Labute approximate surface area is 124 Å². The summed E-state index contributed by atoms with van der Waals surface area (Å²) in [6, 6.07) is 14.7. The molecule has 0 fully saturated rings. The van der Waals surface area contributed by atoms with Crippen molar-refractivity contribution in [3.8, 4) is 0 Å². The van der Waals surface area contributed by atoms with Gasteiger partial charge in [0, 0.05) is 18.0 Å². The average molecular weight is 287 g/mol. The van der Waals surface area contributed by atoms with Gasteiger partial charge in [-0.15, -0.1) is 11.3 Å². The Kier molecular flexibility index (Phi) is 6.11. The van der Waals surface area contributed by atoms with Crippen LogP contribution in [0.25, 0.3) is 0 Å². The van der Waals surface area contributed by atoms with Gasteiger partial charge in [-0.05, 0) is 36.3 Å². The van der Waals surface area contributed by atoms with Gasteiger partial charge in [-0.2, -0.15) is 0 Å². The molecule has 0 saturated carbocycles. The number of rotatable bonds is 7. The van der Waals surface area contributed by atoms with Gasteiger partial charge in [0.05, 0.1) is 0 Å². The van der Waals surface area contributed by atoms with Crippen molar-refractivity contribution in [1.82, 2.24) is 5.32 Å². The Hall–Kier alpha value is -1.81. The van der Waals surface area contributed by atoms with E-state index in [2.05, 4.69) is 52.1 Å². The predicted molar refractivity (Wildman–Crippen MR) is 87.3 cm³/mol. The summed E-state index contributed by atoms with van der Waals surface area (Å²) in [7, 11) is 0. The molecule has 0 bridgehead atoms. The number of benzene rings is 1. The third-order valence-corrected chi connectivity index (χ3v) is 3.94. The first-order valence-corrected chi connectivity index (χ1v) is 7.82. The highest BCUT2D eigenvalue weighted by Crippen LogP contribution is 2.07. The molecule has 2 rings (SSSR count). The van der Waals surface area contributed by atoms with Gasteiger partial charge >= 0.3 is 0 Å². The van der Waals surface area contributed by atoms with E-state index in [-0.39, 0.29) is 0 Å². The van der Waals surface area contributed by atoms with Gasteiger partial charge in [0.1, 0.15) is 0 Å². The highest BCUT2D eigenvalue weighted by Gasteiger charge is 1.95. The second kappa shape index (κ2) is 8.38. The van der Waals surface area contributed by atoms with Gasteiger partial charge in [0.2, 0.25) is 0 Å². The Balaban J connectivity index is 1.59. The molecule has 106 valence electrons. The minimum Gasteiger partial charge on any atom is -0.370 e. The van der Waals surface area contributed by atoms with Crippen molar-refractivity contribution in [2.45, 2.75) is 19.3 Å². The largest absolute Gasteiger partial charge is 0.370 e. The van der Waals surface area contributed by atoms with Crippen LogP contribution in [-0.2, 0) is 12.8 Å². The molecule has 3 N–H and O–H groups in total. The zero-order valence-corrected chi connectivity index (χ0v) is 12.4. The van der Waals surface area contributed by atoms with Gasteiger partial charge in [0.15, 0.2) is 5.96 Å². The van der Waals surface area contributed by atoms with Crippen LogP contribution in [0.2, 0.25) is 0 Å². The summed E-state index contributed by atoms with van der Waals surface area (Å²) in [6.07, 6.45) is 3.07. The number of hydrogen-bond acceptors (Lipinski definition) is 2. The highest BCUT2D eigenvalue weighted by atomic mass is 32.1. The van der Waals surface area contributed by atoms with E-state index in [0.29, 0.717) is 5.96 Å². The van der Waals surface area contributed by atoms with E-state index >= 15 is 0 Å². The molecule has 0 saturated heterocycles. The molecule has 0 amide bonds. The van der Waals surface area contributed by atoms with Crippen molar-refractivity contribution in [2.75, 3.05) is 13.1 Å². The van der Waals surface area contributed by atoms with Gasteiger partial charge in [0.25, 0.3) is 0 Å². The zero-order chi connectivity index (χ0) is 14.0. The summed E-state index contributed by atoms with van der Waals surface area (Å²) in [5.74, 6) is 0.551. The smallest absolute Gasteiger partial charge is 0.188 e. The third kappa shape index (κ3) is 5.45. The fourth-order valence-corrected chi connectivity index (χ4v) is 2.66. The van der Waals surface area contributed by atoms with Crippen molar-refractivity contribution in [1.29, 1.82) is 0 Å². The maximum atomic E-state index is 5.83. The van der Waals surface area contributed by atoms with Crippen LogP contribution in [0.5, 0.6) is 0 Å². The lowest BCUT2D eigenvalue weighted by Crippen LogP contribution is -2.33. The molecule has 4 heteroatoms. The molecular formula is C16H21N3S. The normalized spacial score (nSPS) is 11.5. The van der Waals surface area contributed by atoms with Crippen molar-refractivity contribution < 1.29 is 0 Å². The van der Waals surface area contributed by atoms with E-state index in [4.69, 9.17) is 5.73 Å². The topological polar surface area (TPSA) is 50.4 Å². The lowest BCUT2D eigenvalue weighted by Gasteiger charge is -2.04. The number of nitrogens with zero attached hydrogens (tertiary/aromatic N) is 1. The molecule has 0 aliphatic carbocycles. The molecule has 1 aromatic heterocycles. The third-order valence-electron chi connectivity index (χ3n) is 3.01. The average Bonchev–Trinajstić information content (AvgIpc) is 2.98. The highest BCUT2D eigenvalue weighted by molar-refractivity contribution is 7.09. The number of thiophene rings is 1. The second-order valence-electron chi connectivity index (χ2n) is 4.61. The molecule has 2 aromatic rings. The molecule has 0 aliphatic heterocycles. The minimum absolute atomic E-state index is 0.551. The summed E-state index contributed by atoms with van der Waals surface area (Å²) in [5.41, 5.74) is 7.19. The van der Waals surface area contributed by atoms with Crippen molar-refractivity contribution in [2.24, 2.45) is 10.7 Å². The van der Waals surface area contributed by atoms with E-state index in [1.165, 1.54) is 10.4 Å². The Morgan fingerprint density at radius 3 is 2.70 bits per heavy atom. The van der Waals surface area contributed by atoms with Crippen LogP contribution in [0.1, 0.15) is 16.9 Å². The minimum atomic E-state index is 0.551. The number of aliphatic imine (C=N–C) groups is 1. The summed E-state index contributed by atoms with van der Waals surface area (Å²) in [5, 5.41) is 5.25. The molecule has 1 heterocycles. The summed E-state index contributed by atoms with van der Waals surface area (Å²) in [4.78, 5) is 5.71. The number of nitrogens with one attached hydrogen (secondary N) is 1. The SMILES string of the molecule is NC(=NCCCc1ccccc1)NCCc1cccs1. The molecule has 0 aliphatic rings. The number of nitrogens with two attached hydrogens (primary N) is 1. The quantitative estimate of drug-likeness (QED) is 0.467. The maximum absolute atomic E-state index is 5.83. The first-order chi connectivity index (χ1) is 9.84. The molecule has 3 nitrogen and oxygen atoms in total. The predicted octanol–water partition coefficient (Wildman–Crippen LogP) is 2.83. The van der Waals surface area contributed by atoms with Gasteiger partial charge in [-0.1, -0.05) is 36.4 Å².